The molecule has 3 aliphatic heterocycles. The lowest BCUT2D eigenvalue weighted by Gasteiger charge is -2.56. The Labute approximate surface area is 173 Å². The minimum absolute atomic E-state index is 0.0748. The maximum atomic E-state index is 12.9. The van der Waals surface area contributed by atoms with Crippen molar-refractivity contribution in [2.45, 2.75) is 71.4 Å². The van der Waals surface area contributed by atoms with Gasteiger partial charge in [-0.25, -0.2) is 0 Å². The van der Waals surface area contributed by atoms with Gasteiger partial charge in [-0.3, -0.25) is 9.59 Å². The Morgan fingerprint density at radius 1 is 1.28 bits per heavy atom. The molecular formula is C22H33N5O2. The Hall–Kier alpha value is -2.18. The number of carbonyl (C=O) groups excluding carboxylic acids is 2. The predicted molar refractivity (Wildman–Crippen MR) is 112 cm³/mol. The fourth-order valence-corrected chi connectivity index (χ4v) is 5.56. The van der Waals surface area contributed by atoms with E-state index in [0.717, 1.165) is 50.2 Å². The number of anilines is 1. The summed E-state index contributed by atoms with van der Waals surface area (Å²) in [5, 5.41) is 11.8. The third-order valence-corrected chi connectivity index (χ3v) is 7.11. The van der Waals surface area contributed by atoms with Gasteiger partial charge in [-0.15, -0.1) is 5.10 Å². The summed E-state index contributed by atoms with van der Waals surface area (Å²) in [6.45, 7) is 8.55. The number of piperidine rings is 3. The van der Waals surface area contributed by atoms with Crippen molar-refractivity contribution in [3.8, 4) is 0 Å². The van der Waals surface area contributed by atoms with Crippen molar-refractivity contribution in [3.63, 3.8) is 0 Å². The third kappa shape index (κ3) is 3.83. The molecule has 3 saturated heterocycles. The van der Waals surface area contributed by atoms with Crippen LogP contribution in [-0.4, -0.2) is 58.6 Å². The van der Waals surface area contributed by atoms with E-state index < -0.39 is 0 Å². The summed E-state index contributed by atoms with van der Waals surface area (Å²) < 4.78 is 0. The highest BCUT2D eigenvalue weighted by molar-refractivity contribution is 5.79. The van der Waals surface area contributed by atoms with Gasteiger partial charge in [0.1, 0.15) is 0 Å². The molecule has 3 aliphatic rings. The number of nitrogens with one attached hydrogen (secondary N) is 1. The van der Waals surface area contributed by atoms with Crippen molar-refractivity contribution >= 4 is 17.6 Å². The zero-order valence-corrected chi connectivity index (χ0v) is 17.9. The number of hydrogen-bond acceptors (Lipinski definition) is 5. The largest absolute Gasteiger partial charge is 0.354 e. The summed E-state index contributed by atoms with van der Waals surface area (Å²) >= 11 is 0. The zero-order valence-electron chi connectivity index (χ0n) is 17.9. The molecule has 7 heteroatoms. The molecule has 0 unspecified atom stereocenters. The molecule has 29 heavy (non-hydrogen) atoms. The van der Waals surface area contributed by atoms with Crippen molar-refractivity contribution in [1.29, 1.82) is 0 Å². The lowest BCUT2D eigenvalue weighted by atomic mass is 9.72. The van der Waals surface area contributed by atoms with E-state index in [2.05, 4.69) is 39.2 Å². The molecule has 4 atom stereocenters. The van der Waals surface area contributed by atoms with Gasteiger partial charge < -0.3 is 15.1 Å². The number of hydrogen-bond donors (Lipinski definition) is 1. The van der Waals surface area contributed by atoms with Crippen LogP contribution in [-0.2, 0) is 9.59 Å². The van der Waals surface area contributed by atoms with Gasteiger partial charge >= 0.3 is 0 Å². The molecule has 2 bridgehead atoms. The van der Waals surface area contributed by atoms with Crippen molar-refractivity contribution in [3.05, 3.63) is 17.3 Å². The molecule has 0 aliphatic carbocycles. The van der Waals surface area contributed by atoms with Crippen LogP contribution < -0.4 is 10.2 Å². The molecule has 1 aromatic heterocycles. The first kappa shape index (κ1) is 20.1. The number of rotatable bonds is 5. The molecule has 0 saturated carbocycles. The highest BCUT2D eigenvalue weighted by Crippen LogP contribution is 2.42. The molecule has 158 valence electrons. The summed E-state index contributed by atoms with van der Waals surface area (Å²) in [7, 11) is 0. The Morgan fingerprint density at radius 2 is 2.07 bits per heavy atom. The lowest BCUT2D eigenvalue weighted by Crippen LogP contribution is -2.67. The van der Waals surface area contributed by atoms with E-state index in [0.29, 0.717) is 31.2 Å². The highest BCUT2D eigenvalue weighted by atomic mass is 16.2. The van der Waals surface area contributed by atoms with Crippen LogP contribution in [0, 0.1) is 25.7 Å². The van der Waals surface area contributed by atoms with E-state index in [1.54, 1.807) is 0 Å². The van der Waals surface area contributed by atoms with Gasteiger partial charge in [-0.05, 0) is 62.5 Å². The van der Waals surface area contributed by atoms with Crippen molar-refractivity contribution in [2.75, 3.05) is 24.5 Å². The van der Waals surface area contributed by atoms with Crippen LogP contribution in [0.4, 0.5) is 5.82 Å². The van der Waals surface area contributed by atoms with Crippen LogP contribution in [0.5, 0.6) is 0 Å². The van der Waals surface area contributed by atoms with Gasteiger partial charge in [0.25, 0.3) is 0 Å². The number of fused-ring (bicyclic) bond motifs is 4. The standard InChI is InChI=1S/C22H33N5O2/c1-4-6-20(28)23-11-19-17-9-16(18-7-5-8-21(29)27(18)19)12-26(13-17)22-15(3)14(2)10-24-25-22/h10,16-19H,4-9,11-13H2,1-3H3,(H,23,28)/t16-,17+,18+,19+/m1/s1. The predicted octanol–water partition coefficient (Wildman–Crippen LogP) is 2.22. The van der Waals surface area contributed by atoms with Gasteiger partial charge in [0.2, 0.25) is 11.8 Å². The first-order chi connectivity index (χ1) is 14.0. The monoisotopic (exact) mass is 399 g/mol. The van der Waals surface area contributed by atoms with Gasteiger partial charge in [-0.1, -0.05) is 6.92 Å². The maximum Gasteiger partial charge on any atom is 0.223 e. The first-order valence-electron chi connectivity index (χ1n) is 11.1. The van der Waals surface area contributed by atoms with Crippen LogP contribution >= 0.6 is 0 Å². The second kappa shape index (κ2) is 8.28. The van der Waals surface area contributed by atoms with Crippen LogP contribution in [0.3, 0.4) is 0 Å². The van der Waals surface area contributed by atoms with Gasteiger partial charge in [0.05, 0.1) is 12.2 Å². The van der Waals surface area contributed by atoms with Crippen molar-refractivity contribution in [2.24, 2.45) is 11.8 Å². The molecule has 0 aromatic carbocycles. The normalized spacial score (nSPS) is 28.9. The third-order valence-electron chi connectivity index (χ3n) is 7.11. The van der Waals surface area contributed by atoms with E-state index in [9.17, 15) is 9.59 Å². The van der Waals surface area contributed by atoms with E-state index >= 15 is 0 Å². The van der Waals surface area contributed by atoms with Crippen LogP contribution in [0.15, 0.2) is 6.20 Å². The summed E-state index contributed by atoms with van der Waals surface area (Å²) in [6, 6.07) is 0.354. The fraction of sp³-hybridized carbons (Fsp3) is 0.727. The Bertz CT molecular complexity index is 782. The van der Waals surface area contributed by atoms with Crippen molar-refractivity contribution < 1.29 is 9.59 Å². The SMILES string of the molecule is CCCC(=O)NC[C@H]1[C@H]2C[C@H](CN(c3nncc(C)c3C)C2)[C@@H]2CCCC(=O)N21. The molecule has 0 radical (unpaired) electrons. The average molecular weight is 400 g/mol. The fourth-order valence-electron chi connectivity index (χ4n) is 5.56. The molecular weight excluding hydrogens is 366 g/mol. The van der Waals surface area contributed by atoms with Gasteiger partial charge in [0.15, 0.2) is 5.82 Å². The zero-order chi connectivity index (χ0) is 20.5. The number of aromatic nitrogens is 2. The van der Waals surface area contributed by atoms with E-state index in [-0.39, 0.29) is 23.9 Å². The summed E-state index contributed by atoms with van der Waals surface area (Å²) in [5.41, 5.74) is 2.34. The minimum atomic E-state index is 0.0748. The van der Waals surface area contributed by atoms with E-state index in [1.807, 2.05) is 13.1 Å². The first-order valence-corrected chi connectivity index (χ1v) is 11.1. The second-order valence-electron chi connectivity index (χ2n) is 9.02. The molecule has 1 N–H and O–H groups in total. The molecule has 2 amide bonds. The molecule has 4 heterocycles. The highest BCUT2D eigenvalue weighted by Gasteiger charge is 2.49. The summed E-state index contributed by atoms with van der Waals surface area (Å²) in [5.74, 6) is 2.14. The van der Waals surface area contributed by atoms with E-state index in [1.165, 1.54) is 5.56 Å². The van der Waals surface area contributed by atoms with Crippen LogP contribution in [0.2, 0.25) is 0 Å². The maximum absolute atomic E-state index is 12.9. The number of aryl methyl sites for hydroxylation is 1. The molecule has 4 rings (SSSR count). The second-order valence-corrected chi connectivity index (χ2v) is 9.02. The Balaban J connectivity index is 1.59. The average Bonchev–Trinajstić information content (AvgIpc) is 2.70. The number of amides is 2. The number of nitrogens with zero attached hydrogens (tertiary/aromatic N) is 4. The Kier molecular flexibility index (Phi) is 5.74. The minimum Gasteiger partial charge on any atom is -0.354 e. The Morgan fingerprint density at radius 3 is 2.86 bits per heavy atom. The van der Waals surface area contributed by atoms with Crippen molar-refractivity contribution in [1.82, 2.24) is 20.4 Å². The lowest BCUT2D eigenvalue weighted by molar-refractivity contribution is -0.149. The van der Waals surface area contributed by atoms with Gasteiger partial charge in [0, 0.05) is 38.5 Å². The topological polar surface area (TPSA) is 78.4 Å². The molecule has 0 spiro atoms. The van der Waals surface area contributed by atoms with E-state index in [4.69, 9.17) is 0 Å². The van der Waals surface area contributed by atoms with Gasteiger partial charge in [-0.2, -0.15) is 5.10 Å². The van der Waals surface area contributed by atoms with Crippen LogP contribution in [0.25, 0.3) is 0 Å². The number of carbonyl (C=O) groups is 2. The smallest absolute Gasteiger partial charge is 0.223 e. The molecule has 3 fully saturated rings. The molecule has 1 aromatic rings. The summed E-state index contributed by atoms with van der Waals surface area (Å²) in [6.07, 6.45) is 7.00. The molecule has 7 nitrogen and oxygen atoms in total. The summed E-state index contributed by atoms with van der Waals surface area (Å²) in [4.78, 5) is 29.5. The quantitative estimate of drug-likeness (QED) is 0.821. The van der Waals surface area contributed by atoms with Crippen LogP contribution in [0.1, 0.15) is 56.6 Å².